The number of carboxylic acids is 1. The summed E-state index contributed by atoms with van der Waals surface area (Å²) in [7, 11) is -10.5. The Morgan fingerprint density at radius 2 is 1.79 bits per heavy atom. The monoisotopic (exact) mass is 539 g/mol. The summed E-state index contributed by atoms with van der Waals surface area (Å²) in [5, 5.41) is 41.7. The third-order valence-electron chi connectivity index (χ3n) is 3.89. The van der Waals surface area contributed by atoms with Crippen LogP contribution in [-0.2, 0) is 53.0 Å². The molecule has 0 spiro atoms. The molecule has 0 saturated carbocycles. The zero-order valence-electron chi connectivity index (χ0n) is 16.9. The van der Waals surface area contributed by atoms with Crippen LogP contribution in [0.15, 0.2) is 11.8 Å². The molecule has 196 valence electrons. The van der Waals surface area contributed by atoms with Gasteiger partial charge in [0.25, 0.3) is 0 Å². The van der Waals surface area contributed by atoms with E-state index in [4.69, 9.17) is 23.7 Å². The Labute approximate surface area is 191 Å². The Bertz CT molecular complexity index is 992. The number of amides is 1. The first-order chi connectivity index (χ1) is 15.4. The highest BCUT2D eigenvalue weighted by molar-refractivity contribution is 7.81. The number of hydrogen-bond acceptors (Lipinski definition) is 14. The van der Waals surface area contributed by atoms with E-state index in [2.05, 4.69) is 8.37 Å². The van der Waals surface area contributed by atoms with Crippen molar-refractivity contribution in [3.05, 3.63) is 11.8 Å². The summed E-state index contributed by atoms with van der Waals surface area (Å²) in [5.41, 5.74) is 0. The van der Waals surface area contributed by atoms with Crippen molar-refractivity contribution in [1.82, 2.24) is 5.32 Å². The lowest BCUT2D eigenvalue weighted by molar-refractivity contribution is -0.251. The van der Waals surface area contributed by atoms with Crippen LogP contribution in [0.2, 0.25) is 0 Å². The molecule has 0 bridgehead atoms. The molecule has 1 aliphatic heterocycles. The Hall–Kier alpha value is -2.27. The molecule has 0 aromatic heterocycles. The molecule has 7 atom stereocenters. The third-order valence-corrected chi connectivity index (χ3v) is 4.79. The first-order valence-corrected chi connectivity index (χ1v) is 11.5. The molecule has 0 saturated heterocycles. The van der Waals surface area contributed by atoms with Crippen molar-refractivity contribution < 1.29 is 78.6 Å². The Kier molecular flexibility index (Phi) is 10.4. The molecule has 0 fully saturated rings. The number of nitrogens with one attached hydrogen (secondary N) is 1. The normalized spacial score (nSPS) is 24.6. The largest absolute Gasteiger partial charge is 0.475 e. The van der Waals surface area contributed by atoms with Gasteiger partial charge in [-0.15, -0.1) is 0 Å². The molecule has 34 heavy (non-hydrogen) atoms. The van der Waals surface area contributed by atoms with Crippen LogP contribution in [0.3, 0.4) is 0 Å². The van der Waals surface area contributed by atoms with E-state index in [0.29, 0.717) is 6.08 Å². The van der Waals surface area contributed by atoms with Gasteiger partial charge in [-0.05, 0) is 6.08 Å². The summed E-state index contributed by atoms with van der Waals surface area (Å²) >= 11 is 0. The Balaban J connectivity index is 3.38. The summed E-state index contributed by atoms with van der Waals surface area (Å²) < 4.78 is 79.4. The number of carbonyl (C=O) groups excluding carboxylic acids is 2. The molecule has 1 amide bonds. The summed E-state index contributed by atoms with van der Waals surface area (Å²) in [4.78, 5) is 33.8. The van der Waals surface area contributed by atoms with E-state index >= 15 is 0 Å². The predicted molar refractivity (Wildman–Crippen MR) is 101 cm³/mol. The zero-order chi connectivity index (χ0) is 26.4. The first-order valence-electron chi connectivity index (χ1n) is 8.76. The van der Waals surface area contributed by atoms with E-state index in [1.165, 1.54) is 0 Å². The van der Waals surface area contributed by atoms with Crippen molar-refractivity contribution in [1.29, 1.82) is 0 Å². The number of aliphatic hydroxyl groups is 3. The molecule has 1 aliphatic rings. The van der Waals surface area contributed by atoms with Gasteiger partial charge in [0, 0.05) is 6.92 Å². The fourth-order valence-corrected chi connectivity index (χ4v) is 3.35. The fourth-order valence-electron chi connectivity index (χ4n) is 2.56. The standard InChI is InChI=1S/C14H21NO17S2/c1-5(17)15-6(3-16)10(20)11(8(19)4-29-33(23,24)25)31-14-12(32-34(26,27)28)7(18)2-9(30-14)13(21)22/h2-3,6-8,10-12,14,18-20H,4H2,1H3,(H,15,17)(H,21,22)(H,23,24,25)(H,26,27,28)/t6-,7-,8+,10+,11+,12+,14-/m0/s1. The highest BCUT2D eigenvalue weighted by Crippen LogP contribution is 2.26. The lowest BCUT2D eigenvalue weighted by atomic mass is 10.0. The number of aldehydes is 1. The van der Waals surface area contributed by atoms with E-state index in [9.17, 15) is 46.5 Å². The van der Waals surface area contributed by atoms with E-state index < -0.39 is 87.9 Å². The van der Waals surface area contributed by atoms with Crippen LogP contribution in [0.1, 0.15) is 6.92 Å². The second-order valence-electron chi connectivity index (χ2n) is 6.53. The SMILES string of the molecule is CC(=O)N[C@@H](C=O)[C@@H](O)[C@H](O[C@@H]1OC(C(=O)O)=C[C@H](O)[C@H]1OS(=O)(=O)O)[C@H](O)COS(=O)(=O)O. The summed E-state index contributed by atoms with van der Waals surface area (Å²) in [6.45, 7) is -0.426. The number of hydrogen-bond donors (Lipinski definition) is 7. The maximum absolute atomic E-state index is 11.3. The third kappa shape index (κ3) is 9.54. The smallest absolute Gasteiger partial charge is 0.397 e. The maximum Gasteiger partial charge on any atom is 0.397 e. The van der Waals surface area contributed by atoms with Crippen molar-refractivity contribution in [3.63, 3.8) is 0 Å². The molecule has 1 rings (SSSR count). The molecule has 0 radical (unpaired) electrons. The minimum Gasteiger partial charge on any atom is -0.475 e. The van der Waals surface area contributed by atoms with Crippen LogP contribution in [-0.4, -0.2) is 114 Å². The predicted octanol–water partition coefficient (Wildman–Crippen LogP) is -4.51. The van der Waals surface area contributed by atoms with Crippen molar-refractivity contribution in [2.24, 2.45) is 0 Å². The lowest BCUT2D eigenvalue weighted by Gasteiger charge is -2.37. The number of ether oxygens (including phenoxy) is 2. The quantitative estimate of drug-likeness (QED) is 0.0856. The van der Waals surface area contributed by atoms with Gasteiger partial charge in [-0.1, -0.05) is 0 Å². The van der Waals surface area contributed by atoms with Crippen LogP contribution < -0.4 is 5.32 Å². The Morgan fingerprint density at radius 3 is 2.24 bits per heavy atom. The molecule has 20 heteroatoms. The Morgan fingerprint density at radius 1 is 1.21 bits per heavy atom. The second-order valence-corrected chi connectivity index (χ2v) is 8.67. The highest BCUT2D eigenvalue weighted by atomic mass is 32.3. The van der Waals surface area contributed by atoms with Gasteiger partial charge in [-0.25, -0.2) is 13.2 Å². The van der Waals surface area contributed by atoms with E-state index in [1.807, 2.05) is 5.32 Å². The summed E-state index contributed by atoms with van der Waals surface area (Å²) in [6.07, 6.45) is -13.2. The van der Waals surface area contributed by atoms with Gasteiger partial charge in [0.1, 0.15) is 36.7 Å². The molecule has 7 N–H and O–H groups in total. The first kappa shape index (κ1) is 29.8. The van der Waals surface area contributed by atoms with Gasteiger partial charge in [-0.2, -0.15) is 16.8 Å². The van der Waals surface area contributed by atoms with Gasteiger partial charge >= 0.3 is 26.8 Å². The van der Waals surface area contributed by atoms with Crippen LogP contribution in [0.5, 0.6) is 0 Å². The van der Waals surface area contributed by atoms with E-state index in [0.717, 1.165) is 6.92 Å². The molecule has 0 aliphatic carbocycles. The van der Waals surface area contributed by atoms with Crippen molar-refractivity contribution in [2.75, 3.05) is 6.61 Å². The number of aliphatic carboxylic acids is 1. The van der Waals surface area contributed by atoms with Gasteiger partial charge in [0.05, 0.1) is 6.61 Å². The highest BCUT2D eigenvalue weighted by Gasteiger charge is 2.45. The van der Waals surface area contributed by atoms with E-state index in [-0.39, 0.29) is 6.29 Å². The zero-order valence-corrected chi connectivity index (χ0v) is 18.5. The molecule has 18 nitrogen and oxygen atoms in total. The minimum atomic E-state index is -5.34. The maximum atomic E-state index is 11.3. The van der Waals surface area contributed by atoms with Gasteiger partial charge < -0.3 is 40.0 Å². The summed E-state index contributed by atoms with van der Waals surface area (Å²) in [6, 6.07) is -1.85. The van der Waals surface area contributed by atoms with Crippen molar-refractivity contribution >= 4 is 39.0 Å². The molecule has 0 unspecified atom stereocenters. The lowest BCUT2D eigenvalue weighted by Crippen LogP contribution is -2.57. The van der Waals surface area contributed by atoms with Crippen molar-refractivity contribution in [3.8, 4) is 0 Å². The van der Waals surface area contributed by atoms with Crippen LogP contribution in [0.4, 0.5) is 0 Å². The molecule has 0 aromatic rings. The molecule has 1 heterocycles. The van der Waals surface area contributed by atoms with E-state index in [1.54, 1.807) is 0 Å². The van der Waals surface area contributed by atoms with Crippen LogP contribution >= 0.6 is 0 Å². The second kappa shape index (κ2) is 11.9. The number of carboxylic acid groups (broad SMARTS) is 1. The number of rotatable bonds is 13. The van der Waals surface area contributed by atoms with Gasteiger partial charge in [0.15, 0.2) is 6.10 Å². The molecular weight excluding hydrogens is 518 g/mol. The molecule has 0 aromatic carbocycles. The van der Waals surface area contributed by atoms with Crippen LogP contribution in [0, 0.1) is 0 Å². The average Bonchev–Trinajstić information content (AvgIpc) is 2.68. The number of aliphatic hydroxyl groups excluding tert-OH is 3. The minimum absolute atomic E-state index is 0.0376. The van der Waals surface area contributed by atoms with Gasteiger partial charge in [0.2, 0.25) is 18.0 Å². The molecular formula is C14H21NO17S2. The summed E-state index contributed by atoms with van der Waals surface area (Å²) in [5.74, 6) is -3.72. The average molecular weight is 539 g/mol. The van der Waals surface area contributed by atoms with Crippen LogP contribution in [0.25, 0.3) is 0 Å². The van der Waals surface area contributed by atoms with Crippen molar-refractivity contribution in [2.45, 2.75) is 49.8 Å². The van der Waals surface area contributed by atoms with Gasteiger partial charge in [-0.3, -0.25) is 13.9 Å². The topological polar surface area (TPSA) is 290 Å². The fraction of sp³-hybridized carbons (Fsp3) is 0.643. The number of carbonyl (C=O) groups is 3.